The lowest BCUT2D eigenvalue weighted by atomic mass is 10.1. The van der Waals surface area contributed by atoms with E-state index in [4.69, 9.17) is 0 Å². The van der Waals surface area contributed by atoms with E-state index >= 15 is 0 Å². The molecule has 1 aliphatic rings. The summed E-state index contributed by atoms with van der Waals surface area (Å²) < 4.78 is 14.5. The number of amides is 2. The average molecular weight is 333 g/mol. The van der Waals surface area contributed by atoms with Gasteiger partial charge >= 0.3 is 6.03 Å². The first-order valence-corrected chi connectivity index (χ1v) is 7.90. The number of rotatable bonds is 5. The average Bonchev–Trinajstić information content (AvgIpc) is 2.97. The highest BCUT2D eigenvalue weighted by Gasteiger charge is 2.32. The Morgan fingerprint density at radius 2 is 2.12 bits per heavy atom. The monoisotopic (exact) mass is 333 g/mol. The third kappa shape index (κ3) is 3.70. The molecule has 1 saturated heterocycles. The minimum Gasteiger partial charge on any atom is -0.387 e. The van der Waals surface area contributed by atoms with Crippen LogP contribution in [0.2, 0.25) is 0 Å². The van der Waals surface area contributed by atoms with Crippen molar-refractivity contribution in [2.75, 3.05) is 19.6 Å². The number of hydrogen-bond donors (Lipinski definition) is 2. The number of likely N-dealkylation sites (tertiary alicyclic amines) is 1. The Balaban J connectivity index is 1.40. The molecule has 1 aliphatic heterocycles. The molecule has 2 amide bonds. The molecule has 2 aromatic rings. The summed E-state index contributed by atoms with van der Waals surface area (Å²) >= 11 is 0. The van der Waals surface area contributed by atoms with Crippen LogP contribution in [0.1, 0.15) is 30.3 Å². The smallest absolute Gasteiger partial charge is 0.317 e. The molecule has 7 nitrogen and oxygen atoms in total. The van der Waals surface area contributed by atoms with E-state index in [2.05, 4.69) is 15.6 Å². The number of hydrogen-bond acceptors (Lipinski definition) is 4. The molecule has 2 N–H and O–H groups in total. The molecule has 24 heavy (non-hydrogen) atoms. The van der Waals surface area contributed by atoms with Crippen molar-refractivity contribution in [3.05, 3.63) is 47.5 Å². The molecule has 1 aromatic heterocycles. The number of aliphatic hydroxyl groups excluding tert-OH is 1. The zero-order valence-electron chi connectivity index (χ0n) is 13.4. The number of urea groups is 1. The van der Waals surface area contributed by atoms with Gasteiger partial charge in [-0.2, -0.15) is 0 Å². The second-order valence-electron chi connectivity index (χ2n) is 5.97. The van der Waals surface area contributed by atoms with Crippen LogP contribution in [-0.4, -0.2) is 50.7 Å². The van der Waals surface area contributed by atoms with Crippen LogP contribution < -0.4 is 5.32 Å². The lowest BCUT2D eigenvalue weighted by Crippen LogP contribution is -2.54. The maximum atomic E-state index is 12.8. The molecule has 0 bridgehead atoms. The first-order valence-electron chi connectivity index (χ1n) is 7.90. The Morgan fingerprint density at radius 3 is 2.75 bits per heavy atom. The van der Waals surface area contributed by atoms with Gasteiger partial charge in [0.1, 0.15) is 11.5 Å². The quantitative estimate of drug-likeness (QED) is 0.863. The number of halogens is 1. The molecule has 1 fully saturated rings. The molecule has 0 spiro atoms. The highest BCUT2D eigenvalue weighted by atomic mass is 19.1. The van der Waals surface area contributed by atoms with Crippen LogP contribution in [0.15, 0.2) is 30.5 Å². The number of nitrogens with zero attached hydrogens (tertiary/aromatic N) is 4. The maximum Gasteiger partial charge on any atom is 0.317 e. The Morgan fingerprint density at radius 1 is 1.42 bits per heavy atom. The summed E-state index contributed by atoms with van der Waals surface area (Å²) in [4.78, 5) is 13.7. The summed E-state index contributed by atoms with van der Waals surface area (Å²) in [7, 11) is 0. The Kier molecular flexibility index (Phi) is 4.75. The maximum absolute atomic E-state index is 12.8. The van der Waals surface area contributed by atoms with Gasteiger partial charge in [0.15, 0.2) is 0 Å². The standard InChI is InChI=1S/C16H20FN5O2/c1-11(23)15-10-22(20-19-15)14-8-21(9-14)16(24)18-7-6-12-2-4-13(17)5-3-12/h2-5,10-11,14,23H,6-9H2,1H3,(H,18,24). The van der Waals surface area contributed by atoms with Gasteiger partial charge < -0.3 is 15.3 Å². The summed E-state index contributed by atoms with van der Waals surface area (Å²) in [6.07, 6.45) is 1.72. The van der Waals surface area contributed by atoms with Crippen molar-refractivity contribution in [1.29, 1.82) is 0 Å². The number of benzene rings is 1. The molecule has 0 saturated carbocycles. The highest BCUT2D eigenvalue weighted by molar-refractivity contribution is 5.75. The largest absolute Gasteiger partial charge is 0.387 e. The number of carbonyl (C=O) groups is 1. The fraction of sp³-hybridized carbons (Fsp3) is 0.438. The molecule has 1 unspecified atom stereocenters. The van der Waals surface area contributed by atoms with Gasteiger partial charge in [0.05, 0.1) is 18.3 Å². The molecule has 8 heteroatoms. The number of carbonyl (C=O) groups excluding carboxylic acids is 1. The van der Waals surface area contributed by atoms with Gasteiger partial charge in [0.2, 0.25) is 0 Å². The van der Waals surface area contributed by atoms with E-state index in [1.165, 1.54) is 12.1 Å². The lowest BCUT2D eigenvalue weighted by molar-refractivity contribution is 0.117. The van der Waals surface area contributed by atoms with Crippen LogP contribution in [0.4, 0.5) is 9.18 Å². The van der Waals surface area contributed by atoms with Crippen LogP contribution in [0.5, 0.6) is 0 Å². The number of nitrogens with one attached hydrogen (secondary N) is 1. The second kappa shape index (κ2) is 6.96. The van der Waals surface area contributed by atoms with Crippen molar-refractivity contribution < 1.29 is 14.3 Å². The first kappa shape index (κ1) is 16.4. The normalized spacial score (nSPS) is 15.9. The predicted octanol–water partition coefficient (Wildman–Crippen LogP) is 1.28. The minimum absolute atomic E-state index is 0.0906. The third-order valence-corrected chi connectivity index (χ3v) is 4.08. The summed E-state index contributed by atoms with van der Waals surface area (Å²) in [5.41, 5.74) is 1.50. The van der Waals surface area contributed by atoms with Crippen LogP contribution in [0.3, 0.4) is 0 Å². The van der Waals surface area contributed by atoms with Crippen LogP contribution in [0, 0.1) is 5.82 Å². The van der Waals surface area contributed by atoms with E-state index in [-0.39, 0.29) is 17.9 Å². The van der Waals surface area contributed by atoms with Gasteiger partial charge in [-0.3, -0.25) is 0 Å². The van der Waals surface area contributed by atoms with Crippen molar-refractivity contribution in [2.24, 2.45) is 0 Å². The fourth-order valence-corrected chi connectivity index (χ4v) is 2.53. The van der Waals surface area contributed by atoms with Crippen molar-refractivity contribution in [2.45, 2.75) is 25.5 Å². The van der Waals surface area contributed by atoms with Gasteiger partial charge in [-0.05, 0) is 31.0 Å². The van der Waals surface area contributed by atoms with E-state index in [0.717, 1.165) is 5.56 Å². The minimum atomic E-state index is -0.648. The first-order chi connectivity index (χ1) is 11.5. The molecule has 0 aliphatic carbocycles. The fourth-order valence-electron chi connectivity index (χ4n) is 2.53. The predicted molar refractivity (Wildman–Crippen MR) is 84.8 cm³/mol. The van der Waals surface area contributed by atoms with E-state index in [1.54, 1.807) is 34.8 Å². The zero-order chi connectivity index (χ0) is 17.1. The van der Waals surface area contributed by atoms with Crippen molar-refractivity contribution in [1.82, 2.24) is 25.2 Å². The molecular formula is C16H20FN5O2. The topological polar surface area (TPSA) is 83.3 Å². The number of aliphatic hydroxyl groups is 1. The molecule has 0 radical (unpaired) electrons. The summed E-state index contributed by atoms with van der Waals surface area (Å²) in [6.45, 7) is 3.26. The van der Waals surface area contributed by atoms with E-state index in [1.807, 2.05) is 0 Å². The van der Waals surface area contributed by atoms with Crippen LogP contribution >= 0.6 is 0 Å². The molecule has 1 aromatic carbocycles. The summed E-state index contributed by atoms with van der Waals surface area (Å²) in [5.74, 6) is -0.263. The van der Waals surface area contributed by atoms with E-state index in [9.17, 15) is 14.3 Å². The van der Waals surface area contributed by atoms with Crippen molar-refractivity contribution in [3.8, 4) is 0 Å². The van der Waals surface area contributed by atoms with Crippen molar-refractivity contribution >= 4 is 6.03 Å². The summed E-state index contributed by atoms with van der Waals surface area (Å²) in [6, 6.07) is 6.22. The van der Waals surface area contributed by atoms with Crippen LogP contribution in [0.25, 0.3) is 0 Å². The van der Waals surface area contributed by atoms with Crippen LogP contribution in [-0.2, 0) is 6.42 Å². The third-order valence-electron chi connectivity index (χ3n) is 4.08. The van der Waals surface area contributed by atoms with Crippen molar-refractivity contribution in [3.63, 3.8) is 0 Å². The molecule has 3 rings (SSSR count). The SMILES string of the molecule is CC(O)c1cn(C2CN(C(=O)NCCc3ccc(F)cc3)C2)nn1. The molecular weight excluding hydrogens is 313 g/mol. The van der Waals surface area contributed by atoms with E-state index < -0.39 is 6.10 Å². The van der Waals surface area contributed by atoms with E-state index in [0.29, 0.717) is 31.7 Å². The Labute approximate surface area is 139 Å². The second-order valence-corrected chi connectivity index (χ2v) is 5.97. The molecule has 128 valence electrons. The summed E-state index contributed by atoms with van der Waals surface area (Å²) in [5, 5.41) is 20.2. The Hall–Kier alpha value is -2.48. The molecule has 1 atom stereocenters. The van der Waals surface area contributed by atoms with Gasteiger partial charge in [0.25, 0.3) is 0 Å². The van der Waals surface area contributed by atoms with Gasteiger partial charge in [-0.1, -0.05) is 17.3 Å². The highest BCUT2D eigenvalue weighted by Crippen LogP contribution is 2.21. The Bertz CT molecular complexity index is 695. The van der Waals surface area contributed by atoms with Gasteiger partial charge in [-0.25, -0.2) is 13.9 Å². The number of aromatic nitrogens is 3. The molecule has 2 heterocycles. The van der Waals surface area contributed by atoms with Gasteiger partial charge in [0, 0.05) is 19.6 Å². The zero-order valence-corrected chi connectivity index (χ0v) is 13.4. The lowest BCUT2D eigenvalue weighted by Gasteiger charge is -2.38. The van der Waals surface area contributed by atoms with Gasteiger partial charge in [-0.15, -0.1) is 5.10 Å².